The van der Waals surface area contributed by atoms with Crippen molar-refractivity contribution in [3.8, 4) is 0 Å². The van der Waals surface area contributed by atoms with Gasteiger partial charge in [0.05, 0.1) is 12.1 Å². The van der Waals surface area contributed by atoms with Crippen molar-refractivity contribution in [2.24, 2.45) is 0 Å². The molecule has 1 aromatic rings. The predicted octanol–water partition coefficient (Wildman–Crippen LogP) is 3.48. The summed E-state index contributed by atoms with van der Waals surface area (Å²) in [7, 11) is 0. The Kier molecular flexibility index (Phi) is 3.38. The second-order valence-electron chi connectivity index (χ2n) is 5.29. The highest BCUT2D eigenvalue weighted by molar-refractivity contribution is 9.10. The molecule has 0 spiro atoms. The minimum atomic E-state index is -0.760. The Bertz CT molecular complexity index is 566. The molecule has 1 aliphatic rings. The van der Waals surface area contributed by atoms with E-state index in [9.17, 15) is 14.0 Å². The number of amides is 2. The zero-order chi connectivity index (χ0) is 14.4. The van der Waals surface area contributed by atoms with Crippen molar-refractivity contribution in [2.45, 2.75) is 32.9 Å². The van der Waals surface area contributed by atoms with Crippen LogP contribution in [-0.4, -0.2) is 22.5 Å². The van der Waals surface area contributed by atoms with Gasteiger partial charge in [-0.2, -0.15) is 0 Å². The van der Waals surface area contributed by atoms with Gasteiger partial charge in [-0.25, -0.2) is 14.1 Å². The lowest BCUT2D eigenvalue weighted by molar-refractivity contribution is 0.0247. The summed E-state index contributed by atoms with van der Waals surface area (Å²) >= 11 is 3.16. The largest absolute Gasteiger partial charge is 0.443 e. The molecule has 1 aromatic carbocycles. The molecule has 0 fully saturated rings. The van der Waals surface area contributed by atoms with E-state index in [4.69, 9.17) is 4.74 Å². The third kappa shape index (κ3) is 2.78. The zero-order valence-electron chi connectivity index (χ0n) is 10.8. The van der Waals surface area contributed by atoms with E-state index in [1.807, 2.05) is 0 Å². The molecule has 102 valence electrons. The maximum Gasteiger partial charge on any atom is 0.417 e. The molecule has 0 N–H and O–H groups in total. The maximum absolute atomic E-state index is 13.7. The van der Waals surface area contributed by atoms with Crippen molar-refractivity contribution >= 4 is 27.9 Å². The first-order valence-electron chi connectivity index (χ1n) is 5.72. The maximum atomic E-state index is 13.7. The summed E-state index contributed by atoms with van der Waals surface area (Å²) in [4.78, 5) is 24.8. The molecule has 1 aliphatic heterocycles. The van der Waals surface area contributed by atoms with E-state index in [0.717, 1.165) is 4.90 Å². The Balaban J connectivity index is 2.29. The Morgan fingerprint density at radius 1 is 1.42 bits per heavy atom. The Morgan fingerprint density at radius 3 is 2.63 bits per heavy atom. The highest BCUT2D eigenvalue weighted by Crippen LogP contribution is 2.29. The van der Waals surface area contributed by atoms with E-state index in [-0.39, 0.29) is 12.1 Å². The van der Waals surface area contributed by atoms with E-state index >= 15 is 0 Å². The number of ether oxygens (including phenoxy) is 1. The summed E-state index contributed by atoms with van der Waals surface area (Å²) in [5.74, 6) is -1.30. The van der Waals surface area contributed by atoms with Gasteiger partial charge < -0.3 is 4.74 Å². The zero-order valence-corrected chi connectivity index (χ0v) is 12.4. The summed E-state index contributed by atoms with van der Waals surface area (Å²) in [6.07, 6.45) is -0.760. The Labute approximate surface area is 118 Å². The number of carbonyl (C=O) groups is 2. The molecule has 0 saturated heterocycles. The third-order valence-electron chi connectivity index (χ3n) is 2.54. The van der Waals surface area contributed by atoms with Crippen molar-refractivity contribution < 1.29 is 18.7 Å². The monoisotopic (exact) mass is 329 g/mol. The topological polar surface area (TPSA) is 46.6 Å². The standard InChI is InChI=1S/C13H13BrFNO3/c1-13(2,3)19-12(18)16-6-7-4-8(14)5-9(15)10(7)11(16)17/h4-5H,6H2,1-3H3. The number of carbonyl (C=O) groups excluding carboxylic acids is 2. The lowest BCUT2D eigenvalue weighted by Crippen LogP contribution is -2.37. The first-order valence-corrected chi connectivity index (χ1v) is 6.51. The van der Waals surface area contributed by atoms with Gasteiger partial charge in [0, 0.05) is 4.47 Å². The quantitative estimate of drug-likeness (QED) is 0.732. The average Bonchev–Trinajstić information content (AvgIpc) is 2.53. The molecule has 0 aromatic heterocycles. The normalized spacial score (nSPS) is 14.6. The van der Waals surface area contributed by atoms with Gasteiger partial charge in [0.25, 0.3) is 5.91 Å². The average molecular weight is 330 g/mol. The van der Waals surface area contributed by atoms with Gasteiger partial charge >= 0.3 is 6.09 Å². The molecule has 1 heterocycles. The molecular weight excluding hydrogens is 317 g/mol. The summed E-state index contributed by atoms with van der Waals surface area (Å²) in [6.45, 7) is 5.14. The van der Waals surface area contributed by atoms with Gasteiger partial charge in [-0.3, -0.25) is 4.79 Å². The van der Waals surface area contributed by atoms with Crippen LogP contribution in [0.4, 0.5) is 9.18 Å². The van der Waals surface area contributed by atoms with Gasteiger partial charge in [-0.05, 0) is 38.5 Å². The molecule has 0 unspecified atom stereocenters. The number of nitrogens with zero attached hydrogens (tertiary/aromatic N) is 1. The molecule has 0 radical (unpaired) electrons. The number of halogens is 2. The smallest absolute Gasteiger partial charge is 0.417 e. The number of benzene rings is 1. The molecule has 0 atom stereocenters. The van der Waals surface area contributed by atoms with Crippen LogP contribution in [0, 0.1) is 5.82 Å². The van der Waals surface area contributed by atoms with Crippen LogP contribution < -0.4 is 0 Å². The Morgan fingerprint density at radius 2 is 2.05 bits per heavy atom. The molecule has 6 heteroatoms. The van der Waals surface area contributed by atoms with Crippen LogP contribution in [0.15, 0.2) is 16.6 Å². The van der Waals surface area contributed by atoms with E-state index in [1.54, 1.807) is 26.8 Å². The summed E-state index contributed by atoms with van der Waals surface area (Å²) in [5.41, 5.74) is -0.289. The van der Waals surface area contributed by atoms with Crippen molar-refractivity contribution in [3.05, 3.63) is 33.5 Å². The van der Waals surface area contributed by atoms with Gasteiger partial charge in [-0.1, -0.05) is 15.9 Å². The molecule has 0 bridgehead atoms. The lowest BCUT2D eigenvalue weighted by atomic mass is 10.1. The number of rotatable bonds is 0. The van der Waals surface area contributed by atoms with Crippen LogP contribution in [0.2, 0.25) is 0 Å². The molecule has 2 amide bonds. The van der Waals surface area contributed by atoms with E-state index in [2.05, 4.69) is 15.9 Å². The fraction of sp³-hybridized carbons (Fsp3) is 0.385. The van der Waals surface area contributed by atoms with Crippen LogP contribution in [0.5, 0.6) is 0 Å². The van der Waals surface area contributed by atoms with Gasteiger partial charge in [0.2, 0.25) is 0 Å². The van der Waals surface area contributed by atoms with Gasteiger partial charge in [0.1, 0.15) is 11.4 Å². The van der Waals surface area contributed by atoms with E-state index < -0.39 is 23.4 Å². The lowest BCUT2D eigenvalue weighted by Gasteiger charge is -2.23. The van der Waals surface area contributed by atoms with Crippen LogP contribution in [0.1, 0.15) is 36.7 Å². The SMILES string of the molecule is CC(C)(C)OC(=O)N1Cc2cc(Br)cc(F)c2C1=O. The number of fused-ring (bicyclic) bond motifs is 1. The molecule has 0 aliphatic carbocycles. The summed E-state index contributed by atoms with van der Waals surface area (Å²) < 4.78 is 19.4. The number of hydrogen-bond acceptors (Lipinski definition) is 3. The molecule has 19 heavy (non-hydrogen) atoms. The number of imide groups is 1. The van der Waals surface area contributed by atoms with Gasteiger partial charge in [0.15, 0.2) is 0 Å². The van der Waals surface area contributed by atoms with Crippen molar-refractivity contribution in [1.82, 2.24) is 4.90 Å². The van der Waals surface area contributed by atoms with Crippen LogP contribution in [-0.2, 0) is 11.3 Å². The van der Waals surface area contributed by atoms with Gasteiger partial charge in [-0.15, -0.1) is 0 Å². The van der Waals surface area contributed by atoms with E-state index in [0.29, 0.717) is 10.0 Å². The first-order chi connectivity index (χ1) is 8.69. The summed E-state index contributed by atoms with van der Waals surface area (Å²) in [6, 6.07) is 2.83. The molecule has 2 rings (SSSR count). The van der Waals surface area contributed by atoms with Crippen LogP contribution >= 0.6 is 15.9 Å². The first kappa shape index (κ1) is 14.0. The fourth-order valence-corrected chi connectivity index (χ4v) is 2.31. The summed E-state index contributed by atoms with van der Waals surface area (Å²) in [5, 5.41) is 0. The molecular formula is C13H13BrFNO3. The minimum Gasteiger partial charge on any atom is -0.443 e. The van der Waals surface area contributed by atoms with Crippen LogP contribution in [0.25, 0.3) is 0 Å². The number of hydrogen-bond donors (Lipinski definition) is 0. The van der Waals surface area contributed by atoms with Crippen LogP contribution in [0.3, 0.4) is 0 Å². The van der Waals surface area contributed by atoms with Crippen molar-refractivity contribution in [1.29, 1.82) is 0 Å². The minimum absolute atomic E-state index is 0.0272. The Hall–Kier alpha value is -1.43. The predicted molar refractivity (Wildman–Crippen MR) is 70.2 cm³/mol. The van der Waals surface area contributed by atoms with Crippen molar-refractivity contribution in [2.75, 3.05) is 0 Å². The highest BCUT2D eigenvalue weighted by atomic mass is 79.9. The van der Waals surface area contributed by atoms with Crippen molar-refractivity contribution in [3.63, 3.8) is 0 Å². The fourth-order valence-electron chi connectivity index (χ4n) is 1.83. The second kappa shape index (κ2) is 4.59. The molecule has 4 nitrogen and oxygen atoms in total. The second-order valence-corrected chi connectivity index (χ2v) is 6.21. The van der Waals surface area contributed by atoms with E-state index in [1.165, 1.54) is 6.07 Å². The molecule has 0 saturated carbocycles. The highest BCUT2D eigenvalue weighted by Gasteiger charge is 2.37. The third-order valence-corrected chi connectivity index (χ3v) is 3.00.